The third-order valence-corrected chi connectivity index (χ3v) is 3.25. The summed E-state index contributed by atoms with van der Waals surface area (Å²) in [5, 5.41) is 9.46. The third kappa shape index (κ3) is 1.63. The van der Waals surface area contributed by atoms with Crippen molar-refractivity contribution in [3.8, 4) is 0 Å². The highest BCUT2D eigenvalue weighted by Crippen LogP contribution is 2.40. The van der Waals surface area contributed by atoms with E-state index in [9.17, 15) is 4.79 Å². The molecule has 5 nitrogen and oxygen atoms in total. The van der Waals surface area contributed by atoms with Crippen LogP contribution >= 0.6 is 0 Å². The summed E-state index contributed by atoms with van der Waals surface area (Å²) < 4.78 is 0. The monoisotopic (exact) mass is 208 g/mol. The summed E-state index contributed by atoms with van der Waals surface area (Å²) in [6, 6.07) is 0. The second-order valence-electron chi connectivity index (χ2n) is 4.22. The third-order valence-electron chi connectivity index (χ3n) is 3.25. The van der Waals surface area contributed by atoms with Gasteiger partial charge in [-0.25, -0.2) is 0 Å². The highest BCUT2D eigenvalue weighted by atomic mass is 16.2. The van der Waals surface area contributed by atoms with Crippen LogP contribution in [0.3, 0.4) is 0 Å². The van der Waals surface area contributed by atoms with Gasteiger partial charge < -0.3 is 11.1 Å². The number of aromatic amines is 1. The first-order valence-corrected chi connectivity index (χ1v) is 5.19. The van der Waals surface area contributed by atoms with Gasteiger partial charge in [-0.15, -0.1) is 0 Å². The molecule has 0 spiro atoms. The zero-order chi connectivity index (χ0) is 10.9. The summed E-state index contributed by atoms with van der Waals surface area (Å²) in [5.41, 5.74) is 6.25. The lowest BCUT2D eigenvalue weighted by Gasteiger charge is -2.38. The number of aromatic nitrogens is 2. The molecule has 1 saturated carbocycles. The highest BCUT2D eigenvalue weighted by molar-refractivity contribution is 5.95. The maximum Gasteiger partial charge on any atom is 0.233 e. The van der Waals surface area contributed by atoms with Crippen LogP contribution in [0.15, 0.2) is 6.20 Å². The number of anilines is 1. The lowest BCUT2D eigenvalue weighted by atomic mass is 9.68. The number of nitrogens with zero attached hydrogens (tertiary/aromatic N) is 1. The molecule has 1 fully saturated rings. The Labute approximate surface area is 88.4 Å². The van der Waals surface area contributed by atoms with Gasteiger partial charge in [0.25, 0.3) is 0 Å². The SMILES string of the molecule is Cc1cn[nH]c1NC(=O)C1(CN)CCC1. The molecule has 1 heterocycles. The zero-order valence-electron chi connectivity index (χ0n) is 8.84. The number of hydrogen-bond donors (Lipinski definition) is 3. The van der Waals surface area contributed by atoms with E-state index in [1.54, 1.807) is 6.20 Å². The first kappa shape index (κ1) is 10.2. The topological polar surface area (TPSA) is 83.8 Å². The summed E-state index contributed by atoms with van der Waals surface area (Å²) in [4.78, 5) is 12.0. The van der Waals surface area contributed by atoms with Gasteiger partial charge >= 0.3 is 0 Å². The second kappa shape index (κ2) is 3.66. The maximum atomic E-state index is 12.0. The number of rotatable bonds is 3. The van der Waals surface area contributed by atoms with Crippen LogP contribution in [0.4, 0.5) is 5.82 Å². The standard InChI is InChI=1S/C10H16N4O/c1-7-5-12-14-8(7)13-9(15)10(6-11)3-2-4-10/h5H,2-4,6,11H2,1H3,(H2,12,13,14,15). The molecule has 0 aliphatic heterocycles. The smallest absolute Gasteiger partial charge is 0.233 e. The predicted molar refractivity (Wildman–Crippen MR) is 57.3 cm³/mol. The normalized spacial score (nSPS) is 18.3. The Morgan fingerprint density at radius 3 is 2.87 bits per heavy atom. The Balaban J connectivity index is 2.07. The van der Waals surface area contributed by atoms with E-state index in [0.29, 0.717) is 12.4 Å². The van der Waals surface area contributed by atoms with Gasteiger partial charge in [0.05, 0.1) is 11.6 Å². The Morgan fingerprint density at radius 1 is 1.73 bits per heavy atom. The Hall–Kier alpha value is -1.36. The Kier molecular flexibility index (Phi) is 2.48. The molecule has 0 bridgehead atoms. The average Bonchev–Trinajstić information content (AvgIpc) is 2.51. The fourth-order valence-corrected chi connectivity index (χ4v) is 1.85. The van der Waals surface area contributed by atoms with Gasteiger partial charge in [-0.05, 0) is 19.8 Å². The van der Waals surface area contributed by atoms with Gasteiger partial charge in [-0.3, -0.25) is 9.89 Å². The summed E-state index contributed by atoms with van der Waals surface area (Å²) in [6.45, 7) is 2.32. The molecule has 0 unspecified atom stereocenters. The zero-order valence-corrected chi connectivity index (χ0v) is 8.84. The fraction of sp³-hybridized carbons (Fsp3) is 0.600. The van der Waals surface area contributed by atoms with E-state index in [4.69, 9.17) is 5.73 Å². The summed E-state index contributed by atoms with van der Waals surface area (Å²) >= 11 is 0. The van der Waals surface area contributed by atoms with Gasteiger partial charge in [-0.1, -0.05) is 6.42 Å². The summed E-state index contributed by atoms with van der Waals surface area (Å²) in [6.07, 6.45) is 4.56. The van der Waals surface area contributed by atoms with Crippen LogP contribution in [-0.2, 0) is 4.79 Å². The molecule has 1 aromatic rings. The van der Waals surface area contributed by atoms with E-state index < -0.39 is 0 Å². The summed E-state index contributed by atoms with van der Waals surface area (Å²) in [5.74, 6) is 0.698. The predicted octanol–water partition coefficient (Wildman–Crippen LogP) is 0.786. The van der Waals surface area contributed by atoms with E-state index >= 15 is 0 Å². The van der Waals surface area contributed by atoms with Crippen LogP contribution in [0.5, 0.6) is 0 Å². The minimum atomic E-state index is -0.336. The molecule has 2 rings (SSSR count). The van der Waals surface area contributed by atoms with Crippen LogP contribution in [-0.4, -0.2) is 22.6 Å². The van der Waals surface area contributed by atoms with E-state index in [1.807, 2.05) is 6.92 Å². The molecule has 0 radical (unpaired) electrons. The van der Waals surface area contributed by atoms with Gasteiger partial charge in [0.15, 0.2) is 0 Å². The molecule has 82 valence electrons. The van der Waals surface area contributed by atoms with Crippen molar-refractivity contribution in [2.45, 2.75) is 26.2 Å². The van der Waals surface area contributed by atoms with E-state index in [2.05, 4.69) is 15.5 Å². The Morgan fingerprint density at radius 2 is 2.47 bits per heavy atom. The highest BCUT2D eigenvalue weighted by Gasteiger charge is 2.42. The first-order valence-electron chi connectivity index (χ1n) is 5.19. The van der Waals surface area contributed by atoms with Gasteiger partial charge in [-0.2, -0.15) is 5.10 Å². The van der Waals surface area contributed by atoms with Crippen molar-refractivity contribution in [3.05, 3.63) is 11.8 Å². The number of carbonyl (C=O) groups is 1. The van der Waals surface area contributed by atoms with Gasteiger partial charge in [0, 0.05) is 12.1 Å². The molecule has 4 N–H and O–H groups in total. The number of hydrogen-bond acceptors (Lipinski definition) is 3. The molecule has 15 heavy (non-hydrogen) atoms. The van der Waals surface area contributed by atoms with Crippen molar-refractivity contribution in [1.29, 1.82) is 0 Å². The van der Waals surface area contributed by atoms with Crippen molar-refractivity contribution in [3.63, 3.8) is 0 Å². The van der Waals surface area contributed by atoms with Crippen LogP contribution < -0.4 is 11.1 Å². The minimum absolute atomic E-state index is 0.0172. The van der Waals surface area contributed by atoms with Crippen molar-refractivity contribution in [1.82, 2.24) is 10.2 Å². The van der Waals surface area contributed by atoms with E-state index in [0.717, 1.165) is 24.8 Å². The molecular formula is C10H16N4O. The quantitative estimate of drug-likeness (QED) is 0.686. The molecule has 1 aliphatic rings. The van der Waals surface area contributed by atoms with Crippen LogP contribution in [0.25, 0.3) is 0 Å². The lowest BCUT2D eigenvalue weighted by molar-refractivity contribution is -0.129. The van der Waals surface area contributed by atoms with Crippen LogP contribution in [0.1, 0.15) is 24.8 Å². The number of nitrogens with two attached hydrogens (primary N) is 1. The Bertz CT molecular complexity index is 362. The molecule has 0 atom stereocenters. The van der Waals surface area contributed by atoms with Crippen molar-refractivity contribution < 1.29 is 4.79 Å². The van der Waals surface area contributed by atoms with Crippen LogP contribution in [0, 0.1) is 12.3 Å². The van der Waals surface area contributed by atoms with Crippen molar-refractivity contribution in [2.75, 3.05) is 11.9 Å². The van der Waals surface area contributed by atoms with E-state index in [-0.39, 0.29) is 11.3 Å². The molecular weight excluding hydrogens is 192 g/mol. The average molecular weight is 208 g/mol. The number of nitrogens with one attached hydrogen (secondary N) is 2. The maximum absolute atomic E-state index is 12.0. The number of aryl methyl sites for hydroxylation is 1. The number of H-pyrrole nitrogens is 1. The van der Waals surface area contributed by atoms with E-state index in [1.165, 1.54) is 0 Å². The largest absolute Gasteiger partial charge is 0.329 e. The van der Waals surface area contributed by atoms with Crippen LogP contribution in [0.2, 0.25) is 0 Å². The number of carbonyl (C=O) groups excluding carboxylic acids is 1. The fourth-order valence-electron chi connectivity index (χ4n) is 1.85. The van der Waals surface area contributed by atoms with Crippen molar-refractivity contribution in [2.24, 2.45) is 11.1 Å². The minimum Gasteiger partial charge on any atom is -0.329 e. The lowest BCUT2D eigenvalue weighted by Crippen LogP contribution is -2.47. The molecule has 0 saturated heterocycles. The van der Waals surface area contributed by atoms with Gasteiger partial charge in [0.2, 0.25) is 5.91 Å². The molecule has 1 amide bonds. The summed E-state index contributed by atoms with van der Waals surface area (Å²) in [7, 11) is 0. The molecule has 1 aromatic heterocycles. The molecule has 1 aliphatic carbocycles. The van der Waals surface area contributed by atoms with Gasteiger partial charge in [0.1, 0.15) is 5.82 Å². The molecule has 0 aromatic carbocycles. The first-order chi connectivity index (χ1) is 7.18. The van der Waals surface area contributed by atoms with Crippen molar-refractivity contribution >= 4 is 11.7 Å². The number of amides is 1. The second-order valence-corrected chi connectivity index (χ2v) is 4.22. The molecule has 5 heteroatoms.